The number of hydrogen-bond acceptors (Lipinski definition) is 7. The smallest absolute Gasteiger partial charge is 0.257 e. The quantitative estimate of drug-likeness (QED) is 0.295. The summed E-state index contributed by atoms with van der Waals surface area (Å²) in [7, 11) is 2.10. The Bertz CT molecular complexity index is 1350. The van der Waals surface area contributed by atoms with Gasteiger partial charge in [-0.3, -0.25) is 14.8 Å². The lowest BCUT2D eigenvalue weighted by Gasteiger charge is -2.38. The van der Waals surface area contributed by atoms with E-state index in [9.17, 15) is 9.90 Å². The number of aliphatic hydroxyl groups is 1. The summed E-state index contributed by atoms with van der Waals surface area (Å²) in [5, 5.41) is 12.4. The molecule has 0 spiro atoms. The third-order valence-corrected chi connectivity index (χ3v) is 6.97. The predicted octanol–water partition coefficient (Wildman–Crippen LogP) is 4.94. The van der Waals surface area contributed by atoms with Gasteiger partial charge in [0.05, 0.1) is 24.4 Å². The molecule has 2 aromatic carbocycles. The molecule has 40 heavy (non-hydrogen) atoms. The van der Waals surface area contributed by atoms with Crippen LogP contribution in [0.2, 0.25) is 0 Å². The number of benzene rings is 2. The van der Waals surface area contributed by atoms with Gasteiger partial charge in [0, 0.05) is 61.5 Å². The maximum Gasteiger partial charge on any atom is 0.257 e. The lowest BCUT2D eigenvalue weighted by molar-refractivity contribution is -0.252. The van der Waals surface area contributed by atoms with E-state index < -0.39 is 6.29 Å². The highest BCUT2D eigenvalue weighted by Gasteiger charge is 2.32. The number of rotatable bonds is 10. The summed E-state index contributed by atoms with van der Waals surface area (Å²) in [4.78, 5) is 23.2. The van der Waals surface area contributed by atoms with Gasteiger partial charge >= 0.3 is 0 Å². The molecule has 0 aliphatic carbocycles. The zero-order valence-electron chi connectivity index (χ0n) is 22.5. The topological polar surface area (TPSA) is 96.8 Å². The molecular weight excluding hydrogens is 504 g/mol. The maximum atomic E-state index is 12.5. The molecule has 0 saturated carbocycles. The molecule has 4 aromatic rings. The van der Waals surface area contributed by atoms with Gasteiger partial charge in [0.1, 0.15) is 0 Å². The third kappa shape index (κ3) is 7.37. The number of pyridine rings is 2. The van der Waals surface area contributed by atoms with Crippen molar-refractivity contribution >= 4 is 11.6 Å². The highest BCUT2D eigenvalue weighted by molar-refractivity contribution is 6.04. The number of ether oxygens (including phenoxy) is 2. The number of carbonyl (C=O) groups excluding carboxylic acids is 1. The number of amides is 1. The lowest BCUT2D eigenvalue weighted by Crippen LogP contribution is -2.38. The van der Waals surface area contributed by atoms with Gasteiger partial charge in [0.25, 0.3) is 5.91 Å². The van der Waals surface area contributed by atoms with Gasteiger partial charge in [-0.2, -0.15) is 0 Å². The van der Waals surface area contributed by atoms with Crippen LogP contribution in [0.15, 0.2) is 97.5 Å². The first-order valence-corrected chi connectivity index (χ1v) is 13.5. The fourth-order valence-corrected chi connectivity index (χ4v) is 4.75. The summed E-state index contributed by atoms with van der Waals surface area (Å²) in [6.07, 6.45) is 5.79. The molecule has 0 radical (unpaired) electrons. The fourth-order valence-electron chi connectivity index (χ4n) is 4.75. The van der Waals surface area contributed by atoms with Crippen molar-refractivity contribution in [1.82, 2.24) is 14.9 Å². The Morgan fingerprint density at radius 1 is 0.975 bits per heavy atom. The summed E-state index contributed by atoms with van der Waals surface area (Å²) >= 11 is 0. The van der Waals surface area contributed by atoms with Crippen LogP contribution in [0.5, 0.6) is 0 Å². The molecule has 0 bridgehead atoms. The van der Waals surface area contributed by atoms with Crippen LogP contribution < -0.4 is 5.32 Å². The Balaban J connectivity index is 1.28. The summed E-state index contributed by atoms with van der Waals surface area (Å²) in [6.45, 7) is 1.62. The number of likely N-dealkylation sites (N-methyl/N-ethyl adjacent to an activating group) is 1. The van der Waals surface area contributed by atoms with E-state index in [1.54, 1.807) is 18.3 Å². The zero-order valence-corrected chi connectivity index (χ0v) is 22.5. The van der Waals surface area contributed by atoms with Gasteiger partial charge < -0.3 is 24.8 Å². The van der Waals surface area contributed by atoms with Crippen LogP contribution in [0.3, 0.4) is 0 Å². The molecule has 0 unspecified atom stereocenters. The number of aliphatic hydroxyl groups excluding tert-OH is 1. The molecule has 1 aliphatic heterocycles. The van der Waals surface area contributed by atoms with Crippen LogP contribution in [0.25, 0.3) is 0 Å². The predicted molar refractivity (Wildman–Crippen MR) is 152 cm³/mol. The van der Waals surface area contributed by atoms with E-state index in [4.69, 9.17) is 9.47 Å². The van der Waals surface area contributed by atoms with Crippen molar-refractivity contribution in [1.29, 1.82) is 0 Å². The van der Waals surface area contributed by atoms with Gasteiger partial charge in [-0.15, -0.1) is 0 Å². The maximum absolute atomic E-state index is 12.5. The molecule has 3 atom stereocenters. The number of aromatic nitrogens is 2. The van der Waals surface area contributed by atoms with Gasteiger partial charge in [-0.25, -0.2) is 0 Å². The largest absolute Gasteiger partial charge is 0.392 e. The van der Waals surface area contributed by atoms with E-state index in [2.05, 4.69) is 27.2 Å². The molecule has 1 saturated heterocycles. The van der Waals surface area contributed by atoms with E-state index in [0.717, 1.165) is 41.9 Å². The van der Waals surface area contributed by atoms with Crippen molar-refractivity contribution in [3.8, 4) is 0 Å². The molecular formula is C32H34N4O4. The van der Waals surface area contributed by atoms with E-state index in [0.29, 0.717) is 17.7 Å². The first-order valence-electron chi connectivity index (χ1n) is 13.5. The number of carbonyl (C=O) groups is 1. The number of nitrogens with one attached hydrogen (secondary N) is 1. The highest BCUT2D eigenvalue weighted by atomic mass is 16.7. The fraction of sp³-hybridized carbons (Fsp3) is 0.281. The second-order valence-corrected chi connectivity index (χ2v) is 10.0. The van der Waals surface area contributed by atoms with E-state index in [-0.39, 0.29) is 24.7 Å². The molecule has 2 aromatic heterocycles. The minimum absolute atomic E-state index is 0.00486. The highest BCUT2D eigenvalue weighted by Crippen LogP contribution is 2.38. The van der Waals surface area contributed by atoms with Gasteiger partial charge in [-0.1, -0.05) is 42.5 Å². The molecule has 3 heterocycles. The van der Waals surface area contributed by atoms with Crippen LogP contribution in [-0.4, -0.2) is 52.1 Å². The Morgan fingerprint density at radius 3 is 2.48 bits per heavy atom. The Labute approximate surface area is 234 Å². The second-order valence-electron chi connectivity index (χ2n) is 10.0. The molecule has 8 nitrogen and oxygen atoms in total. The SMILES string of the molecule is CN(CCc1ccccn1)C[C@H]1C[C@@H](c2ccc(CO)cc2)O[C@@H](c2ccc(NC(=O)c3cccnc3)cc2)O1. The minimum Gasteiger partial charge on any atom is -0.392 e. The summed E-state index contributed by atoms with van der Waals surface area (Å²) in [5.41, 5.74) is 5.02. The molecule has 2 N–H and O–H groups in total. The molecule has 1 aliphatic rings. The average molecular weight is 539 g/mol. The average Bonchev–Trinajstić information content (AvgIpc) is 3.01. The van der Waals surface area contributed by atoms with E-state index in [1.807, 2.05) is 72.9 Å². The molecule has 1 amide bonds. The number of nitrogens with zero attached hydrogens (tertiary/aromatic N) is 3. The van der Waals surface area contributed by atoms with Gasteiger partial charge in [0.2, 0.25) is 0 Å². The summed E-state index contributed by atoms with van der Waals surface area (Å²) in [5.74, 6) is -0.216. The molecule has 5 rings (SSSR count). The van der Waals surface area contributed by atoms with Crippen molar-refractivity contribution in [2.75, 3.05) is 25.5 Å². The Hall–Kier alpha value is -3.95. The summed E-state index contributed by atoms with van der Waals surface area (Å²) < 4.78 is 12.9. The van der Waals surface area contributed by atoms with Crippen LogP contribution in [0, 0.1) is 0 Å². The van der Waals surface area contributed by atoms with Crippen molar-refractivity contribution in [3.63, 3.8) is 0 Å². The van der Waals surface area contributed by atoms with Gasteiger partial charge in [-0.05, 0) is 54.6 Å². The number of hydrogen-bond donors (Lipinski definition) is 2. The zero-order chi connectivity index (χ0) is 27.7. The normalized spacial score (nSPS) is 18.9. The van der Waals surface area contributed by atoms with Crippen LogP contribution in [0.1, 0.15) is 51.6 Å². The lowest BCUT2D eigenvalue weighted by atomic mass is 9.99. The first kappa shape index (κ1) is 27.6. The van der Waals surface area contributed by atoms with Crippen molar-refractivity contribution in [3.05, 3.63) is 125 Å². The molecule has 8 heteroatoms. The van der Waals surface area contributed by atoms with Crippen LogP contribution in [-0.2, 0) is 22.5 Å². The van der Waals surface area contributed by atoms with Gasteiger partial charge in [0.15, 0.2) is 6.29 Å². The van der Waals surface area contributed by atoms with Crippen molar-refractivity contribution < 1.29 is 19.4 Å². The molecule has 1 fully saturated rings. The Kier molecular flexibility index (Phi) is 9.26. The van der Waals surface area contributed by atoms with Crippen molar-refractivity contribution in [2.24, 2.45) is 0 Å². The third-order valence-electron chi connectivity index (χ3n) is 6.97. The minimum atomic E-state index is -0.562. The molecule has 206 valence electrons. The van der Waals surface area contributed by atoms with E-state index in [1.165, 1.54) is 6.20 Å². The summed E-state index contributed by atoms with van der Waals surface area (Å²) in [6, 6.07) is 24.9. The first-order chi connectivity index (χ1) is 19.6. The van der Waals surface area contributed by atoms with Crippen LogP contribution in [0.4, 0.5) is 5.69 Å². The number of anilines is 1. The monoisotopic (exact) mass is 538 g/mol. The second kappa shape index (κ2) is 13.4. The van der Waals surface area contributed by atoms with E-state index >= 15 is 0 Å². The Morgan fingerprint density at radius 2 is 1.77 bits per heavy atom. The standard InChI is InChI=1S/C32H34N4O4/c1-36(18-15-27-6-2-3-17-34-27)21-29-19-30(24-9-7-23(22-37)8-10-24)40-32(39-29)25-11-13-28(14-12-25)35-31(38)26-5-4-16-33-20-26/h2-14,16-17,20,29-30,32,37H,15,18-19,21-22H2,1H3,(H,35,38)/t29-,30+,32+/m1/s1. The van der Waals surface area contributed by atoms with Crippen LogP contribution >= 0.6 is 0 Å². The van der Waals surface area contributed by atoms with Crippen molar-refractivity contribution in [2.45, 2.75) is 37.9 Å².